The highest BCUT2D eigenvalue weighted by molar-refractivity contribution is 7.99. The Morgan fingerprint density at radius 1 is 1.11 bits per heavy atom. The van der Waals surface area contributed by atoms with Crippen LogP contribution in [0.5, 0.6) is 0 Å². The fourth-order valence-corrected chi connectivity index (χ4v) is 4.23. The van der Waals surface area contributed by atoms with Gasteiger partial charge in [-0.15, -0.1) is 0 Å². The first-order valence-electron chi connectivity index (χ1n) is 9.30. The average molecular weight is 381 g/mol. The molecule has 0 unspecified atom stereocenters. The molecule has 1 amide bonds. The SMILES string of the molecule is Cc1cccc(CN2CCN(C(=O)CSc3nc4ccccc4[nH]3)CC2)c1. The molecule has 0 saturated carbocycles. The molecule has 0 aliphatic carbocycles. The van der Waals surface area contributed by atoms with Gasteiger partial charge in [0.15, 0.2) is 5.16 Å². The van der Waals surface area contributed by atoms with E-state index < -0.39 is 0 Å². The van der Waals surface area contributed by atoms with E-state index in [9.17, 15) is 4.79 Å². The van der Waals surface area contributed by atoms with Gasteiger partial charge in [-0.1, -0.05) is 53.7 Å². The van der Waals surface area contributed by atoms with Crippen LogP contribution in [0.25, 0.3) is 11.0 Å². The number of nitrogens with one attached hydrogen (secondary N) is 1. The number of carbonyl (C=O) groups excluding carboxylic acids is 1. The molecule has 2 aromatic carbocycles. The summed E-state index contributed by atoms with van der Waals surface area (Å²) in [7, 11) is 0. The van der Waals surface area contributed by atoms with Crippen molar-refractivity contribution >= 4 is 28.7 Å². The molecule has 140 valence electrons. The Morgan fingerprint density at radius 3 is 2.70 bits per heavy atom. The molecule has 1 aromatic heterocycles. The van der Waals surface area contributed by atoms with Crippen LogP contribution in [0, 0.1) is 6.92 Å². The molecule has 1 saturated heterocycles. The number of carbonyl (C=O) groups is 1. The number of hydrogen-bond acceptors (Lipinski definition) is 4. The maximum absolute atomic E-state index is 12.5. The van der Waals surface area contributed by atoms with E-state index in [-0.39, 0.29) is 5.91 Å². The second-order valence-electron chi connectivity index (χ2n) is 6.99. The summed E-state index contributed by atoms with van der Waals surface area (Å²) in [5, 5.41) is 0.808. The Hall–Kier alpha value is -2.31. The number of H-pyrrole nitrogens is 1. The van der Waals surface area contributed by atoms with E-state index in [4.69, 9.17) is 0 Å². The summed E-state index contributed by atoms with van der Waals surface area (Å²) >= 11 is 1.48. The van der Waals surface area contributed by atoms with Gasteiger partial charge in [0.05, 0.1) is 16.8 Å². The highest BCUT2D eigenvalue weighted by atomic mass is 32.2. The van der Waals surface area contributed by atoms with Crippen LogP contribution >= 0.6 is 11.8 Å². The van der Waals surface area contributed by atoms with Gasteiger partial charge in [0.2, 0.25) is 5.91 Å². The number of nitrogens with zero attached hydrogens (tertiary/aromatic N) is 3. The Kier molecular flexibility index (Phi) is 5.45. The van der Waals surface area contributed by atoms with Gasteiger partial charge in [0.1, 0.15) is 0 Å². The van der Waals surface area contributed by atoms with E-state index in [1.165, 1.54) is 22.9 Å². The van der Waals surface area contributed by atoms with E-state index in [2.05, 4.69) is 46.1 Å². The fourth-order valence-electron chi connectivity index (χ4n) is 3.44. The molecular weight excluding hydrogens is 356 g/mol. The smallest absolute Gasteiger partial charge is 0.233 e. The van der Waals surface area contributed by atoms with Crippen molar-refractivity contribution in [2.24, 2.45) is 0 Å². The summed E-state index contributed by atoms with van der Waals surface area (Å²) in [6.07, 6.45) is 0. The number of para-hydroxylation sites is 2. The number of amides is 1. The first-order valence-corrected chi connectivity index (χ1v) is 10.3. The van der Waals surface area contributed by atoms with Gasteiger partial charge >= 0.3 is 0 Å². The molecule has 0 spiro atoms. The van der Waals surface area contributed by atoms with Crippen LogP contribution in [-0.4, -0.2) is 57.6 Å². The van der Waals surface area contributed by atoms with Crippen molar-refractivity contribution in [3.8, 4) is 0 Å². The monoisotopic (exact) mass is 380 g/mol. The zero-order valence-corrected chi connectivity index (χ0v) is 16.3. The minimum absolute atomic E-state index is 0.190. The number of hydrogen-bond donors (Lipinski definition) is 1. The van der Waals surface area contributed by atoms with E-state index in [1.54, 1.807) is 0 Å². The van der Waals surface area contributed by atoms with Crippen LogP contribution in [0.2, 0.25) is 0 Å². The summed E-state index contributed by atoms with van der Waals surface area (Å²) in [4.78, 5) is 24.7. The van der Waals surface area contributed by atoms with E-state index in [0.29, 0.717) is 5.75 Å². The molecule has 4 rings (SSSR count). The third-order valence-corrected chi connectivity index (χ3v) is 5.77. The van der Waals surface area contributed by atoms with E-state index in [0.717, 1.165) is 48.9 Å². The van der Waals surface area contributed by atoms with Crippen LogP contribution in [0.15, 0.2) is 53.7 Å². The summed E-state index contributed by atoms with van der Waals surface area (Å²) in [6.45, 7) is 6.53. The van der Waals surface area contributed by atoms with Crippen molar-refractivity contribution in [2.75, 3.05) is 31.9 Å². The van der Waals surface area contributed by atoms with Gasteiger partial charge in [-0.3, -0.25) is 9.69 Å². The number of aromatic nitrogens is 2. The lowest BCUT2D eigenvalue weighted by Crippen LogP contribution is -2.48. The second kappa shape index (κ2) is 8.15. The van der Waals surface area contributed by atoms with Crippen LogP contribution in [0.1, 0.15) is 11.1 Å². The first kappa shape index (κ1) is 18.1. The number of fused-ring (bicyclic) bond motifs is 1. The first-order chi connectivity index (χ1) is 13.2. The molecule has 1 aliphatic rings. The topological polar surface area (TPSA) is 52.2 Å². The van der Waals surface area contributed by atoms with Gasteiger partial charge in [-0.05, 0) is 24.6 Å². The number of benzene rings is 2. The molecule has 27 heavy (non-hydrogen) atoms. The number of aryl methyl sites for hydroxylation is 1. The highest BCUT2D eigenvalue weighted by Crippen LogP contribution is 2.20. The van der Waals surface area contributed by atoms with Gasteiger partial charge in [-0.2, -0.15) is 0 Å². The van der Waals surface area contributed by atoms with Crippen molar-refractivity contribution in [1.82, 2.24) is 19.8 Å². The van der Waals surface area contributed by atoms with Gasteiger partial charge in [0, 0.05) is 32.7 Å². The zero-order chi connectivity index (χ0) is 18.6. The Labute approximate surface area is 163 Å². The third kappa shape index (κ3) is 4.51. The van der Waals surface area contributed by atoms with Gasteiger partial charge in [-0.25, -0.2) is 4.98 Å². The maximum atomic E-state index is 12.5. The molecule has 6 heteroatoms. The molecule has 0 bridgehead atoms. The summed E-state index contributed by atoms with van der Waals surface area (Å²) in [5.41, 5.74) is 4.59. The van der Waals surface area contributed by atoms with Crippen LogP contribution < -0.4 is 0 Å². The van der Waals surface area contributed by atoms with Crippen molar-refractivity contribution < 1.29 is 4.79 Å². The standard InChI is InChI=1S/C21H24N4OS/c1-16-5-4-6-17(13-16)14-24-9-11-25(12-10-24)20(26)15-27-21-22-18-7-2-3-8-19(18)23-21/h2-8,13H,9-12,14-15H2,1H3,(H,22,23). The maximum Gasteiger partial charge on any atom is 0.233 e. The van der Waals surface area contributed by atoms with Gasteiger partial charge in [0.25, 0.3) is 0 Å². The molecule has 2 heterocycles. The van der Waals surface area contributed by atoms with Crippen molar-refractivity contribution in [3.05, 3.63) is 59.7 Å². The van der Waals surface area contributed by atoms with Crippen molar-refractivity contribution in [1.29, 1.82) is 0 Å². The Morgan fingerprint density at radius 2 is 1.93 bits per heavy atom. The van der Waals surface area contributed by atoms with Crippen LogP contribution in [-0.2, 0) is 11.3 Å². The molecule has 1 fully saturated rings. The molecule has 3 aromatic rings. The quantitative estimate of drug-likeness (QED) is 0.690. The molecule has 0 radical (unpaired) electrons. The van der Waals surface area contributed by atoms with Gasteiger partial charge < -0.3 is 9.88 Å². The molecule has 1 N–H and O–H groups in total. The number of thioether (sulfide) groups is 1. The van der Waals surface area contributed by atoms with E-state index in [1.807, 2.05) is 29.2 Å². The predicted molar refractivity (Wildman–Crippen MR) is 110 cm³/mol. The zero-order valence-electron chi connectivity index (χ0n) is 15.5. The molecule has 5 nitrogen and oxygen atoms in total. The fraction of sp³-hybridized carbons (Fsp3) is 0.333. The molecule has 0 atom stereocenters. The summed E-state index contributed by atoms with van der Waals surface area (Å²) < 4.78 is 0. The Bertz CT molecular complexity index is 898. The van der Waals surface area contributed by atoms with E-state index >= 15 is 0 Å². The normalized spacial score (nSPS) is 15.4. The second-order valence-corrected chi connectivity index (χ2v) is 7.96. The lowest BCUT2D eigenvalue weighted by atomic mass is 10.1. The summed E-state index contributed by atoms with van der Waals surface area (Å²) in [5.74, 6) is 0.619. The summed E-state index contributed by atoms with van der Waals surface area (Å²) in [6, 6.07) is 16.6. The predicted octanol–water partition coefficient (Wildman–Crippen LogP) is 3.31. The lowest BCUT2D eigenvalue weighted by Gasteiger charge is -2.34. The van der Waals surface area contributed by atoms with Crippen LogP contribution in [0.3, 0.4) is 0 Å². The third-order valence-electron chi connectivity index (χ3n) is 4.91. The molecular formula is C21H24N4OS. The number of aromatic amines is 1. The molecule has 1 aliphatic heterocycles. The van der Waals surface area contributed by atoms with Crippen molar-refractivity contribution in [2.45, 2.75) is 18.6 Å². The minimum Gasteiger partial charge on any atom is -0.339 e. The largest absolute Gasteiger partial charge is 0.339 e. The number of piperazine rings is 1. The average Bonchev–Trinajstić information content (AvgIpc) is 3.10. The lowest BCUT2D eigenvalue weighted by molar-refractivity contribution is -0.130. The highest BCUT2D eigenvalue weighted by Gasteiger charge is 2.21. The number of imidazole rings is 1. The minimum atomic E-state index is 0.190. The number of rotatable bonds is 5. The van der Waals surface area contributed by atoms with Crippen molar-refractivity contribution in [3.63, 3.8) is 0 Å². The van der Waals surface area contributed by atoms with Crippen LogP contribution in [0.4, 0.5) is 0 Å². The Balaban J connectivity index is 1.25.